The number of benzene rings is 1. The van der Waals surface area contributed by atoms with E-state index in [4.69, 9.17) is 5.26 Å². The maximum Gasteiger partial charge on any atom is 0.0992 e. The van der Waals surface area contributed by atoms with Crippen molar-refractivity contribution in [3.8, 4) is 6.07 Å². The Morgan fingerprint density at radius 2 is 1.95 bits per heavy atom. The smallest absolute Gasteiger partial charge is 0.0992 e. The molecule has 2 unspecified atom stereocenters. The van der Waals surface area contributed by atoms with E-state index in [1.807, 2.05) is 18.2 Å². The molecule has 1 aliphatic carbocycles. The Morgan fingerprint density at radius 1 is 1.24 bits per heavy atom. The van der Waals surface area contributed by atoms with E-state index in [0.29, 0.717) is 12.1 Å². The molecule has 1 saturated carbocycles. The summed E-state index contributed by atoms with van der Waals surface area (Å²) in [4.78, 5) is 2.64. The van der Waals surface area contributed by atoms with Crippen molar-refractivity contribution in [3.63, 3.8) is 0 Å². The van der Waals surface area contributed by atoms with E-state index in [0.717, 1.165) is 23.1 Å². The molecule has 1 N–H and O–H groups in total. The van der Waals surface area contributed by atoms with Gasteiger partial charge in [-0.3, -0.25) is 0 Å². The SMILES string of the molecule is CC(C)N1CC2CCCC(C1)C2Nc1cccc(C#N)c1. The summed E-state index contributed by atoms with van der Waals surface area (Å²) in [5.41, 5.74) is 1.85. The van der Waals surface area contributed by atoms with Gasteiger partial charge in [0.25, 0.3) is 0 Å². The van der Waals surface area contributed by atoms with E-state index < -0.39 is 0 Å². The molecule has 0 spiro atoms. The van der Waals surface area contributed by atoms with Crippen molar-refractivity contribution in [2.75, 3.05) is 18.4 Å². The first-order valence-corrected chi connectivity index (χ1v) is 8.18. The summed E-state index contributed by atoms with van der Waals surface area (Å²) in [6.07, 6.45) is 4.03. The van der Waals surface area contributed by atoms with Gasteiger partial charge < -0.3 is 10.2 Å². The lowest BCUT2D eigenvalue weighted by Crippen LogP contribution is -2.56. The molecule has 1 aromatic rings. The highest BCUT2D eigenvalue weighted by molar-refractivity contribution is 5.50. The van der Waals surface area contributed by atoms with Crippen molar-refractivity contribution in [2.45, 2.75) is 45.2 Å². The Morgan fingerprint density at radius 3 is 2.57 bits per heavy atom. The number of hydrogen-bond donors (Lipinski definition) is 1. The monoisotopic (exact) mass is 283 g/mol. The molecule has 2 atom stereocenters. The van der Waals surface area contributed by atoms with E-state index in [1.165, 1.54) is 32.4 Å². The first kappa shape index (κ1) is 14.4. The molecule has 2 fully saturated rings. The Labute approximate surface area is 128 Å². The van der Waals surface area contributed by atoms with Gasteiger partial charge in [-0.05, 0) is 56.7 Å². The van der Waals surface area contributed by atoms with E-state index >= 15 is 0 Å². The zero-order chi connectivity index (χ0) is 14.8. The second-order valence-corrected chi connectivity index (χ2v) is 6.86. The molecule has 1 saturated heterocycles. The maximum atomic E-state index is 9.04. The minimum Gasteiger partial charge on any atom is -0.382 e. The number of likely N-dealkylation sites (tertiary alicyclic amines) is 1. The number of nitriles is 1. The molecule has 3 heteroatoms. The van der Waals surface area contributed by atoms with E-state index in [9.17, 15) is 0 Å². The summed E-state index contributed by atoms with van der Waals surface area (Å²) in [5, 5.41) is 12.8. The van der Waals surface area contributed by atoms with Crippen LogP contribution in [0.25, 0.3) is 0 Å². The van der Waals surface area contributed by atoms with Gasteiger partial charge in [-0.2, -0.15) is 5.26 Å². The average molecular weight is 283 g/mol. The summed E-state index contributed by atoms with van der Waals surface area (Å²) in [6.45, 7) is 7.04. The molecular formula is C18H25N3. The van der Waals surface area contributed by atoms with Crippen molar-refractivity contribution >= 4 is 5.69 Å². The van der Waals surface area contributed by atoms with Gasteiger partial charge in [-0.15, -0.1) is 0 Å². The van der Waals surface area contributed by atoms with Crippen LogP contribution >= 0.6 is 0 Å². The number of piperidine rings is 1. The normalized spacial score (nSPS) is 29.1. The molecule has 0 radical (unpaired) electrons. The van der Waals surface area contributed by atoms with Crippen molar-refractivity contribution in [1.82, 2.24) is 4.90 Å². The first-order chi connectivity index (χ1) is 10.2. The van der Waals surface area contributed by atoms with Gasteiger partial charge in [-0.1, -0.05) is 12.5 Å². The number of nitrogens with zero attached hydrogens (tertiary/aromatic N) is 2. The fourth-order valence-electron chi connectivity index (χ4n) is 4.00. The highest BCUT2D eigenvalue weighted by Gasteiger charge is 2.39. The number of hydrogen-bond acceptors (Lipinski definition) is 3. The zero-order valence-electron chi connectivity index (χ0n) is 13.0. The summed E-state index contributed by atoms with van der Waals surface area (Å²) < 4.78 is 0. The molecule has 1 heterocycles. The highest BCUT2D eigenvalue weighted by atomic mass is 15.2. The molecular weight excluding hydrogens is 258 g/mol. The second-order valence-electron chi connectivity index (χ2n) is 6.86. The third-order valence-electron chi connectivity index (χ3n) is 5.16. The van der Waals surface area contributed by atoms with Gasteiger partial charge in [0.2, 0.25) is 0 Å². The van der Waals surface area contributed by atoms with Crippen LogP contribution in [0.1, 0.15) is 38.7 Å². The van der Waals surface area contributed by atoms with Crippen molar-refractivity contribution in [1.29, 1.82) is 5.26 Å². The summed E-state index contributed by atoms with van der Waals surface area (Å²) in [7, 11) is 0. The minimum atomic E-state index is 0.572. The second kappa shape index (κ2) is 6.07. The predicted molar refractivity (Wildman–Crippen MR) is 86.1 cm³/mol. The standard InChI is InChI=1S/C18H25N3/c1-13(2)21-11-15-6-4-7-16(12-21)18(15)20-17-8-3-5-14(9-17)10-19/h3,5,8-9,13,15-16,18,20H,4,6-7,11-12H2,1-2H3. The lowest BCUT2D eigenvalue weighted by atomic mass is 9.73. The number of anilines is 1. The van der Waals surface area contributed by atoms with Crippen LogP contribution < -0.4 is 5.32 Å². The summed E-state index contributed by atoms with van der Waals surface area (Å²) in [5.74, 6) is 1.48. The fourth-order valence-corrected chi connectivity index (χ4v) is 4.00. The van der Waals surface area contributed by atoms with Gasteiger partial charge in [0.05, 0.1) is 11.6 Å². The van der Waals surface area contributed by atoms with Gasteiger partial charge in [0.1, 0.15) is 0 Å². The fraction of sp³-hybridized carbons (Fsp3) is 0.611. The zero-order valence-corrected chi connectivity index (χ0v) is 13.0. The quantitative estimate of drug-likeness (QED) is 0.923. The van der Waals surface area contributed by atoms with Crippen LogP contribution in [-0.4, -0.2) is 30.1 Å². The first-order valence-electron chi connectivity index (χ1n) is 8.18. The predicted octanol–water partition coefficient (Wildman–Crippen LogP) is 3.48. The maximum absolute atomic E-state index is 9.04. The van der Waals surface area contributed by atoms with E-state index in [-0.39, 0.29) is 0 Å². The molecule has 0 amide bonds. The minimum absolute atomic E-state index is 0.572. The van der Waals surface area contributed by atoms with E-state index in [1.54, 1.807) is 0 Å². The van der Waals surface area contributed by atoms with Crippen LogP contribution in [0.15, 0.2) is 24.3 Å². The number of fused-ring (bicyclic) bond motifs is 2. The van der Waals surface area contributed by atoms with Crippen LogP contribution in [0.4, 0.5) is 5.69 Å². The Kier molecular flexibility index (Phi) is 4.17. The lowest BCUT2D eigenvalue weighted by Gasteiger charge is -2.49. The van der Waals surface area contributed by atoms with Gasteiger partial charge in [-0.25, -0.2) is 0 Å². The Balaban J connectivity index is 1.75. The molecule has 1 aliphatic heterocycles. The molecule has 21 heavy (non-hydrogen) atoms. The molecule has 0 aromatic heterocycles. The molecule has 2 bridgehead atoms. The van der Waals surface area contributed by atoms with Gasteiger partial charge >= 0.3 is 0 Å². The third-order valence-corrected chi connectivity index (χ3v) is 5.16. The van der Waals surface area contributed by atoms with Gasteiger partial charge in [0, 0.05) is 30.9 Å². The van der Waals surface area contributed by atoms with Crippen LogP contribution in [0.5, 0.6) is 0 Å². The van der Waals surface area contributed by atoms with Crippen LogP contribution in [0.3, 0.4) is 0 Å². The van der Waals surface area contributed by atoms with Gasteiger partial charge in [0.15, 0.2) is 0 Å². The number of nitrogens with one attached hydrogen (secondary N) is 1. The summed E-state index contributed by atoms with van der Waals surface area (Å²) in [6, 6.07) is 11.4. The molecule has 2 aliphatic rings. The molecule has 112 valence electrons. The third kappa shape index (κ3) is 3.06. The molecule has 3 nitrogen and oxygen atoms in total. The topological polar surface area (TPSA) is 39.1 Å². The van der Waals surface area contributed by atoms with Crippen LogP contribution in [-0.2, 0) is 0 Å². The van der Waals surface area contributed by atoms with Crippen molar-refractivity contribution < 1.29 is 0 Å². The lowest BCUT2D eigenvalue weighted by molar-refractivity contribution is 0.0518. The summed E-state index contributed by atoms with van der Waals surface area (Å²) >= 11 is 0. The average Bonchev–Trinajstić information content (AvgIpc) is 2.47. The van der Waals surface area contributed by atoms with Crippen molar-refractivity contribution in [2.24, 2.45) is 11.8 Å². The van der Waals surface area contributed by atoms with E-state index in [2.05, 4.69) is 36.2 Å². The Hall–Kier alpha value is -1.53. The molecule has 1 aromatic carbocycles. The molecule has 3 rings (SSSR count). The largest absolute Gasteiger partial charge is 0.382 e. The van der Waals surface area contributed by atoms with Crippen LogP contribution in [0, 0.1) is 23.2 Å². The van der Waals surface area contributed by atoms with Crippen LogP contribution in [0.2, 0.25) is 0 Å². The van der Waals surface area contributed by atoms with Crippen molar-refractivity contribution in [3.05, 3.63) is 29.8 Å². The Bertz CT molecular complexity index is 518. The number of rotatable bonds is 3. The highest BCUT2D eigenvalue weighted by Crippen LogP contribution is 2.37.